The molecule has 4 heterocycles. The van der Waals surface area contributed by atoms with Crippen molar-refractivity contribution in [1.82, 2.24) is 20.0 Å². The molecule has 28 heavy (non-hydrogen) atoms. The maximum Gasteiger partial charge on any atom is 0.356 e. The number of ether oxygens (including phenoxy) is 2. The average molecular weight is 394 g/mol. The molecule has 0 saturated carbocycles. The fourth-order valence-corrected chi connectivity index (χ4v) is 4.02. The minimum Gasteiger partial charge on any atom is -0.496 e. The van der Waals surface area contributed by atoms with Crippen molar-refractivity contribution in [1.29, 1.82) is 0 Å². The van der Waals surface area contributed by atoms with Crippen molar-refractivity contribution >= 4 is 17.3 Å². The van der Waals surface area contributed by atoms with E-state index in [2.05, 4.69) is 15.3 Å². The van der Waals surface area contributed by atoms with E-state index in [4.69, 9.17) is 9.47 Å². The van der Waals surface area contributed by atoms with Crippen LogP contribution in [0.25, 0.3) is 28.1 Å². The van der Waals surface area contributed by atoms with Crippen LogP contribution in [0.15, 0.2) is 41.4 Å². The number of aromatic carboxylic acids is 1. The molecule has 4 aromatic rings. The first kappa shape index (κ1) is 16.6. The molecule has 9 heteroatoms. The van der Waals surface area contributed by atoms with Crippen LogP contribution in [-0.2, 0) is 6.61 Å². The third kappa shape index (κ3) is 2.40. The molecule has 2 N–H and O–H groups in total. The Kier molecular flexibility index (Phi) is 3.69. The number of hydrogen-bond acceptors (Lipinski definition) is 6. The van der Waals surface area contributed by atoms with Gasteiger partial charge in [0.05, 0.1) is 30.3 Å². The Morgan fingerprint density at radius 3 is 2.96 bits per heavy atom. The van der Waals surface area contributed by atoms with E-state index in [-0.39, 0.29) is 12.3 Å². The standard InChI is InChI=1S/C19H14N4O4S/c1-26-15-5-16-13(4-12(15)10-6-20-21-7-10)18-14(8-27-16)17(19(24)25)22-23(18)11-2-3-28-9-11/h2-7,9H,8H2,1H3,(H,20,21)(H,24,25). The first-order valence-electron chi connectivity index (χ1n) is 8.39. The number of methoxy groups -OCH3 is 1. The second-order valence-electron chi connectivity index (χ2n) is 6.20. The van der Waals surface area contributed by atoms with Crippen molar-refractivity contribution < 1.29 is 19.4 Å². The Balaban J connectivity index is 1.81. The van der Waals surface area contributed by atoms with Gasteiger partial charge in [0.25, 0.3) is 0 Å². The third-order valence-corrected chi connectivity index (χ3v) is 5.35. The molecule has 0 bridgehead atoms. The molecule has 1 aliphatic rings. The van der Waals surface area contributed by atoms with Gasteiger partial charge in [-0.1, -0.05) is 0 Å². The van der Waals surface area contributed by atoms with E-state index in [0.29, 0.717) is 22.8 Å². The predicted molar refractivity (Wildman–Crippen MR) is 102 cm³/mol. The van der Waals surface area contributed by atoms with E-state index in [1.54, 1.807) is 24.2 Å². The summed E-state index contributed by atoms with van der Waals surface area (Å²) in [5.41, 5.74) is 4.49. The minimum absolute atomic E-state index is 0.00692. The summed E-state index contributed by atoms with van der Waals surface area (Å²) in [6.07, 6.45) is 3.47. The van der Waals surface area contributed by atoms with Crippen LogP contribution in [0.1, 0.15) is 16.1 Å². The summed E-state index contributed by atoms with van der Waals surface area (Å²) in [6.45, 7) is 0.127. The molecule has 0 radical (unpaired) electrons. The van der Waals surface area contributed by atoms with Crippen LogP contribution in [0.3, 0.4) is 0 Å². The van der Waals surface area contributed by atoms with Crippen LogP contribution in [0.4, 0.5) is 0 Å². The van der Waals surface area contributed by atoms with Gasteiger partial charge < -0.3 is 14.6 Å². The number of nitrogens with one attached hydrogen (secondary N) is 1. The molecule has 0 spiro atoms. The van der Waals surface area contributed by atoms with Crippen molar-refractivity contribution in [3.8, 4) is 39.6 Å². The summed E-state index contributed by atoms with van der Waals surface area (Å²) in [7, 11) is 1.59. The molecule has 0 unspecified atom stereocenters. The summed E-state index contributed by atoms with van der Waals surface area (Å²) in [5.74, 6) is 0.175. The third-order valence-electron chi connectivity index (χ3n) is 4.67. The average Bonchev–Trinajstić information content (AvgIpc) is 3.46. The van der Waals surface area contributed by atoms with Gasteiger partial charge in [-0.3, -0.25) is 5.10 Å². The monoisotopic (exact) mass is 394 g/mol. The molecule has 0 aliphatic carbocycles. The summed E-state index contributed by atoms with van der Waals surface area (Å²) >= 11 is 1.52. The molecule has 0 amide bonds. The number of hydrogen-bond donors (Lipinski definition) is 2. The minimum atomic E-state index is -1.08. The Labute approximate surface area is 163 Å². The largest absolute Gasteiger partial charge is 0.496 e. The van der Waals surface area contributed by atoms with Gasteiger partial charge in [0.15, 0.2) is 5.69 Å². The Hall–Kier alpha value is -3.59. The zero-order valence-corrected chi connectivity index (χ0v) is 15.5. The number of H-pyrrole nitrogens is 1. The van der Waals surface area contributed by atoms with Crippen molar-refractivity contribution in [2.24, 2.45) is 0 Å². The molecule has 3 aromatic heterocycles. The van der Waals surface area contributed by atoms with E-state index in [9.17, 15) is 9.90 Å². The van der Waals surface area contributed by atoms with Crippen LogP contribution in [0, 0.1) is 0 Å². The lowest BCUT2D eigenvalue weighted by Gasteiger charge is -2.21. The number of carbonyl (C=O) groups is 1. The first-order chi connectivity index (χ1) is 13.7. The second kappa shape index (κ2) is 6.24. The normalized spacial score (nSPS) is 12.2. The van der Waals surface area contributed by atoms with Crippen LogP contribution in [0.2, 0.25) is 0 Å². The molecule has 1 aromatic carbocycles. The number of carboxylic acids is 1. The molecular weight excluding hydrogens is 380 g/mol. The SMILES string of the molecule is COc1cc2c(cc1-c1cn[nH]c1)-c1c(c(C(=O)O)nn1-c1ccsc1)CO2. The summed E-state index contributed by atoms with van der Waals surface area (Å²) in [5, 5.41) is 24.6. The maximum absolute atomic E-state index is 11.8. The van der Waals surface area contributed by atoms with Crippen LogP contribution < -0.4 is 9.47 Å². The number of fused-ring (bicyclic) bond motifs is 3. The van der Waals surface area contributed by atoms with E-state index in [1.165, 1.54) is 11.3 Å². The molecule has 0 fully saturated rings. The number of carboxylic acid groups (broad SMARTS) is 1. The Morgan fingerprint density at radius 2 is 2.29 bits per heavy atom. The van der Waals surface area contributed by atoms with Gasteiger partial charge >= 0.3 is 5.97 Å². The first-order valence-corrected chi connectivity index (χ1v) is 9.33. The predicted octanol–water partition coefficient (Wildman–Crippen LogP) is 3.59. The van der Waals surface area contributed by atoms with E-state index in [0.717, 1.165) is 22.4 Å². The molecule has 0 atom stereocenters. The molecule has 140 valence electrons. The highest BCUT2D eigenvalue weighted by atomic mass is 32.1. The number of aromatic amines is 1. The number of rotatable bonds is 4. The lowest BCUT2D eigenvalue weighted by molar-refractivity contribution is 0.0687. The second-order valence-corrected chi connectivity index (χ2v) is 6.98. The quantitative estimate of drug-likeness (QED) is 0.548. The maximum atomic E-state index is 11.8. The van der Waals surface area contributed by atoms with E-state index >= 15 is 0 Å². The smallest absolute Gasteiger partial charge is 0.356 e. The highest BCUT2D eigenvalue weighted by molar-refractivity contribution is 7.08. The van der Waals surface area contributed by atoms with Gasteiger partial charge in [-0.05, 0) is 17.5 Å². The number of aromatic nitrogens is 4. The lowest BCUT2D eigenvalue weighted by atomic mass is 9.97. The summed E-state index contributed by atoms with van der Waals surface area (Å²) in [6, 6.07) is 5.64. The Bertz CT molecular complexity index is 1180. The zero-order chi connectivity index (χ0) is 19.3. The summed E-state index contributed by atoms with van der Waals surface area (Å²) < 4.78 is 13.1. The number of thiophene rings is 1. The highest BCUT2D eigenvalue weighted by Crippen LogP contribution is 2.45. The van der Waals surface area contributed by atoms with Gasteiger partial charge in [0, 0.05) is 34.3 Å². The van der Waals surface area contributed by atoms with Crippen LogP contribution in [-0.4, -0.2) is 38.2 Å². The van der Waals surface area contributed by atoms with Gasteiger partial charge in [-0.15, -0.1) is 0 Å². The highest BCUT2D eigenvalue weighted by Gasteiger charge is 2.31. The zero-order valence-electron chi connectivity index (χ0n) is 14.7. The van der Waals surface area contributed by atoms with Crippen molar-refractivity contribution in [3.05, 3.63) is 52.6 Å². The molecule has 0 saturated heterocycles. The Morgan fingerprint density at radius 1 is 1.39 bits per heavy atom. The van der Waals surface area contributed by atoms with Gasteiger partial charge in [-0.2, -0.15) is 21.5 Å². The van der Waals surface area contributed by atoms with Gasteiger partial charge in [0.2, 0.25) is 0 Å². The fraction of sp³-hybridized carbons (Fsp3) is 0.105. The summed E-state index contributed by atoms with van der Waals surface area (Å²) in [4.78, 5) is 11.8. The van der Waals surface area contributed by atoms with E-state index in [1.807, 2.05) is 29.0 Å². The van der Waals surface area contributed by atoms with Crippen molar-refractivity contribution in [2.75, 3.05) is 7.11 Å². The fourth-order valence-electron chi connectivity index (χ4n) is 3.41. The van der Waals surface area contributed by atoms with Crippen molar-refractivity contribution in [2.45, 2.75) is 6.61 Å². The van der Waals surface area contributed by atoms with Crippen LogP contribution >= 0.6 is 11.3 Å². The number of benzene rings is 1. The van der Waals surface area contributed by atoms with Gasteiger partial charge in [0.1, 0.15) is 18.1 Å². The van der Waals surface area contributed by atoms with Gasteiger partial charge in [-0.25, -0.2) is 9.48 Å². The molecule has 8 nitrogen and oxygen atoms in total. The van der Waals surface area contributed by atoms with Crippen molar-refractivity contribution in [3.63, 3.8) is 0 Å². The topological polar surface area (TPSA) is 102 Å². The molecule has 5 rings (SSSR count). The molecular formula is C19H14N4O4S. The van der Waals surface area contributed by atoms with Crippen LogP contribution in [0.5, 0.6) is 11.5 Å². The number of nitrogens with zero attached hydrogens (tertiary/aromatic N) is 3. The van der Waals surface area contributed by atoms with E-state index < -0.39 is 5.97 Å². The molecule has 1 aliphatic heterocycles. The lowest BCUT2D eigenvalue weighted by Crippen LogP contribution is -2.10.